The quantitative estimate of drug-likeness (QED) is 0.912. The van der Waals surface area contributed by atoms with Crippen molar-refractivity contribution in [3.63, 3.8) is 0 Å². The minimum absolute atomic E-state index is 0.288. The number of hydrogen-bond donors (Lipinski definition) is 1. The van der Waals surface area contributed by atoms with Gasteiger partial charge in [0, 0.05) is 11.6 Å². The molecule has 1 N–H and O–H groups in total. The number of amides is 1. The number of nitrogens with one attached hydrogen (secondary N) is 1. The molecule has 0 saturated heterocycles. The van der Waals surface area contributed by atoms with Gasteiger partial charge in [-0.2, -0.15) is 0 Å². The Balaban J connectivity index is 2.23. The van der Waals surface area contributed by atoms with Crippen molar-refractivity contribution in [3.8, 4) is 11.5 Å². The van der Waals surface area contributed by atoms with E-state index in [4.69, 9.17) is 9.47 Å². The van der Waals surface area contributed by atoms with Crippen molar-refractivity contribution in [2.45, 2.75) is 0 Å². The standard InChI is InChI=1S/C11H11N3O3S/c1-16-8-3-7(4-9(5-8)17-2)10(15)13-11-14-12-6-18-11/h3-6H,1-2H3,(H,13,14,15). The molecule has 7 heteroatoms. The van der Waals surface area contributed by atoms with E-state index in [1.807, 2.05) is 0 Å². The maximum absolute atomic E-state index is 12.0. The molecule has 18 heavy (non-hydrogen) atoms. The SMILES string of the molecule is COc1cc(OC)cc(C(=O)Nc2nncs2)c1. The molecule has 0 bridgehead atoms. The molecule has 0 unspecified atom stereocenters. The number of nitrogens with zero attached hydrogens (tertiary/aromatic N) is 2. The number of anilines is 1. The first-order valence-corrected chi connectivity index (χ1v) is 5.91. The highest BCUT2D eigenvalue weighted by Crippen LogP contribution is 2.23. The molecule has 0 aliphatic rings. The van der Waals surface area contributed by atoms with Gasteiger partial charge in [-0.1, -0.05) is 11.3 Å². The number of rotatable bonds is 4. The Hall–Kier alpha value is -2.15. The zero-order valence-corrected chi connectivity index (χ0v) is 10.7. The number of hydrogen-bond acceptors (Lipinski definition) is 6. The number of benzene rings is 1. The average Bonchev–Trinajstić information content (AvgIpc) is 2.90. The van der Waals surface area contributed by atoms with Crippen LogP contribution in [0.4, 0.5) is 5.13 Å². The maximum atomic E-state index is 12.0. The van der Waals surface area contributed by atoms with Gasteiger partial charge < -0.3 is 9.47 Å². The topological polar surface area (TPSA) is 73.3 Å². The van der Waals surface area contributed by atoms with Crippen LogP contribution in [0, 0.1) is 0 Å². The summed E-state index contributed by atoms with van der Waals surface area (Å²) >= 11 is 1.25. The molecule has 1 aromatic heterocycles. The number of methoxy groups -OCH3 is 2. The van der Waals surface area contributed by atoms with Crippen molar-refractivity contribution >= 4 is 22.4 Å². The lowest BCUT2D eigenvalue weighted by molar-refractivity contribution is 0.102. The third-order valence-corrected chi connectivity index (χ3v) is 2.80. The third kappa shape index (κ3) is 2.75. The molecule has 0 spiro atoms. The Morgan fingerprint density at radius 2 is 1.89 bits per heavy atom. The summed E-state index contributed by atoms with van der Waals surface area (Å²) in [6, 6.07) is 4.94. The van der Waals surface area contributed by atoms with E-state index < -0.39 is 0 Å². The van der Waals surface area contributed by atoms with Crippen LogP contribution in [-0.4, -0.2) is 30.3 Å². The maximum Gasteiger partial charge on any atom is 0.257 e. The van der Waals surface area contributed by atoms with Crippen LogP contribution < -0.4 is 14.8 Å². The molecule has 2 aromatic rings. The lowest BCUT2D eigenvalue weighted by Gasteiger charge is -2.07. The Labute approximate surface area is 108 Å². The fraction of sp³-hybridized carbons (Fsp3) is 0.182. The molecule has 2 rings (SSSR count). The summed E-state index contributed by atoms with van der Waals surface area (Å²) in [4.78, 5) is 12.0. The summed E-state index contributed by atoms with van der Waals surface area (Å²) in [6.45, 7) is 0. The fourth-order valence-electron chi connectivity index (χ4n) is 1.34. The van der Waals surface area contributed by atoms with Gasteiger partial charge in [0.15, 0.2) is 0 Å². The van der Waals surface area contributed by atoms with Crippen LogP contribution in [0.5, 0.6) is 11.5 Å². The van der Waals surface area contributed by atoms with Crippen molar-refractivity contribution in [1.82, 2.24) is 10.2 Å². The second-order valence-electron chi connectivity index (χ2n) is 3.30. The Kier molecular flexibility index (Phi) is 3.73. The van der Waals surface area contributed by atoms with E-state index in [1.165, 1.54) is 25.6 Å². The molecule has 1 aromatic carbocycles. The lowest BCUT2D eigenvalue weighted by atomic mass is 10.2. The van der Waals surface area contributed by atoms with Crippen LogP contribution >= 0.6 is 11.3 Å². The van der Waals surface area contributed by atoms with Crippen molar-refractivity contribution in [2.24, 2.45) is 0 Å². The van der Waals surface area contributed by atoms with E-state index in [9.17, 15) is 4.79 Å². The van der Waals surface area contributed by atoms with Crippen molar-refractivity contribution in [1.29, 1.82) is 0 Å². The van der Waals surface area contributed by atoms with E-state index in [-0.39, 0.29) is 5.91 Å². The highest BCUT2D eigenvalue weighted by Gasteiger charge is 2.11. The predicted octanol–water partition coefficient (Wildman–Crippen LogP) is 1.81. The molecule has 1 amide bonds. The van der Waals surface area contributed by atoms with Crippen LogP contribution in [0.1, 0.15) is 10.4 Å². The van der Waals surface area contributed by atoms with Gasteiger partial charge in [-0.05, 0) is 12.1 Å². The minimum atomic E-state index is -0.288. The molecule has 6 nitrogen and oxygen atoms in total. The van der Waals surface area contributed by atoms with Crippen LogP contribution in [0.2, 0.25) is 0 Å². The second kappa shape index (κ2) is 5.46. The van der Waals surface area contributed by atoms with Crippen LogP contribution in [-0.2, 0) is 0 Å². The lowest BCUT2D eigenvalue weighted by Crippen LogP contribution is -2.12. The number of ether oxygens (including phenoxy) is 2. The van der Waals surface area contributed by atoms with Crippen molar-refractivity contribution in [2.75, 3.05) is 19.5 Å². The zero-order valence-electron chi connectivity index (χ0n) is 9.84. The molecule has 0 fully saturated rings. The van der Waals surface area contributed by atoms with Gasteiger partial charge >= 0.3 is 0 Å². The smallest absolute Gasteiger partial charge is 0.257 e. The Morgan fingerprint density at radius 3 is 2.39 bits per heavy atom. The molecule has 1 heterocycles. The Bertz CT molecular complexity index is 520. The third-order valence-electron chi connectivity index (χ3n) is 2.19. The van der Waals surface area contributed by atoms with Gasteiger partial charge in [-0.3, -0.25) is 10.1 Å². The number of aromatic nitrogens is 2. The normalized spacial score (nSPS) is 9.89. The van der Waals surface area contributed by atoms with Crippen LogP contribution in [0.3, 0.4) is 0 Å². The van der Waals surface area contributed by atoms with E-state index in [1.54, 1.807) is 23.7 Å². The largest absolute Gasteiger partial charge is 0.497 e. The van der Waals surface area contributed by atoms with E-state index in [0.29, 0.717) is 22.2 Å². The van der Waals surface area contributed by atoms with Gasteiger partial charge in [-0.15, -0.1) is 10.2 Å². The first kappa shape index (κ1) is 12.3. The van der Waals surface area contributed by atoms with Gasteiger partial charge in [0.2, 0.25) is 5.13 Å². The first-order chi connectivity index (χ1) is 8.72. The summed E-state index contributed by atoms with van der Waals surface area (Å²) in [5.74, 6) is 0.817. The molecule has 0 aliphatic heterocycles. The second-order valence-corrected chi connectivity index (χ2v) is 4.13. The van der Waals surface area contributed by atoms with Gasteiger partial charge in [0.25, 0.3) is 5.91 Å². The van der Waals surface area contributed by atoms with Gasteiger partial charge in [0.1, 0.15) is 17.0 Å². The van der Waals surface area contributed by atoms with E-state index in [0.717, 1.165) is 0 Å². The summed E-state index contributed by atoms with van der Waals surface area (Å²) in [5.41, 5.74) is 1.98. The summed E-state index contributed by atoms with van der Waals surface area (Å²) in [5, 5.41) is 10.5. The van der Waals surface area contributed by atoms with E-state index in [2.05, 4.69) is 15.5 Å². The van der Waals surface area contributed by atoms with Crippen molar-refractivity contribution in [3.05, 3.63) is 29.3 Å². The summed E-state index contributed by atoms with van der Waals surface area (Å²) < 4.78 is 10.2. The summed E-state index contributed by atoms with van der Waals surface area (Å²) in [6.07, 6.45) is 0. The molecule has 0 aliphatic carbocycles. The van der Waals surface area contributed by atoms with Crippen LogP contribution in [0.15, 0.2) is 23.7 Å². The molecule has 0 atom stereocenters. The molecular formula is C11H11N3O3S. The Morgan fingerprint density at radius 1 is 1.22 bits per heavy atom. The fourth-order valence-corrected chi connectivity index (χ4v) is 1.78. The number of carbonyl (C=O) groups excluding carboxylic acids is 1. The number of carbonyl (C=O) groups is 1. The predicted molar refractivity (Wildman–Crippen MR) is 67.4 cm³/mol. The summed E-state index contributed by atoms with van der Waals surface area (Å²) in [7, 11) is 3.06. The minimum Gasteiger partial charge on any atom is -0.497 e. The monoisotopic (exact) mass is 265 g/mol. The molecule has 0 saturated carbocycles. The molecule has 0 radical (unpaired) electrons. The van der Waals surface area contributed by atoms with Gasteiger partial charge in [0.05, 0.1) is 14.2 Å². The highest BCUT2D eigenvalue weighted by molar-refractivity contribution is 7.13. The van der Waals surface area contributed by atoms with E-state index >= 15 is 0 Å². The zero-order chi connectivity index (χ0) is 13.0. The van der Waals surface area contributed by atoms with Crippen LogP contribution in [0.25, 0.3) is 0 Å². The molecular weight excluding hydrogens is 254 g/mol. The first-order valence-electron chi connectivity index (χ1n) is 5.03. The average molecular weight is 265 g/mol. The van der Waals surface area contributed by atoms with Gasteiger partial charge in [-0.25, -0.2) is 0 Å². The van der Waals surface area contributed by atoms with Crippen molar-refractivity contribution < 1.29 is 14.3 Å². The highest BCUT2D eigenvalue weighted by atomic mass is 32.1. The molecule has 94 valence electrons.